The van der Waals surface area contributed by atoms with Gasteiger partial charge in [0, 0.05) is 0 Å². The normalized spacial score (nSPS) is 24.2. The van der Waals surface area contributed by atoms with Crippen molar-refractivity contribution in [2.45, 2.75) is 32.6 Å². The average molecular weight is 377 g/mol. The lowest BCUT2D eigenvalue weighted by atomic mass is 9.76. The lowest BCUT2D eigenvalue weighted by Crippen LogP contribution is -2.31. The summed E-state index contributed by atoms with van der Waals surface area (Å²) in [6.07, 6.45) is 2.56. The number of carbonyl (C=O) groups excluding carboxylic acids is 3. The Kier molecular flexibility index (Phi) is 4.99. The van der Waals surface area contributed by atoms with E-state index in [4.69, 9.17) is 4.74 Å². The Morgan fingerprint density at radius 2 is 1.64 bits per heavy atom. The molecule has 0 bridgehead atoms. The van der Waals surface area contributed by atoms with Crippen LogP contribution in [0, 0.1) is 17.8 Å². The molecule has 2 amide bonds. The molecule has 0 radical (unpaired) electrons. The zero-order chi connectivity index (χ0) is 19.7. The van der Waals surface area contributed by atoms with Crippen molar-refractivity contribution in [3.63, 3.8) is 0 Å². The number of rotatable bonds is 4. The van der Waals surface area contributed by atoms with Gasteiger partial charge in [-0.2, -0.15) is 0 Å². The maximum absolute atomic E-state index is 13.0. The number of fused-ring (bicyclic) bond motifs is 1. The van der Waals surface area contributed by atoms with Gasteiger partial charge in [-0.1, -0.05) is 49.4 Å². The van der Waals surface area contributed by atoms with Crippen LogP contribution < -0.4 is 9.64 Å². The van der Waals surface area contributed by atoms with Crippen molar-refractivity contribution in [3.05, 3.63) is 60.2 Å². The number of carbonyl (C=O) groups is 3. The number of amides is 2. The third-order valence-corrected chi connectivity index (χ3v) is 5.71. The molecule has 0 unspecified atom stereocenters. The second-order valence-corrected chi connectivity index (χ2v) is 7.75. The van der Waals surface area contributed by atoms with E-state index in [1.54, 1.807) is 24.3 Å². The first kappa shape index (κ1) is 18.4. The molecule has 28 heavy (non-hydrogen) atoms. The SMILES string of the molecule is C[C@H]1CC[C@@H]2C(=O)N(c3ccccc3OC(=O)Cc3ccccc3)C(=O)[C@@H]2C1. The lowest BCUT2D eigenvalue weighted by Gasteiger charge is -2.25. The van der Waals surface area contributed by atoms with E-state index in [9.17, 15) is 14.4 Å². The molecule has 0 aromatic heterocycles. The van der Waals surface area contributed by atoms with Crippen molar-refractivity contribution in [3.8, 4) is 5.75 Å². The molecule has 144 valence electrons. The highest BCUT2D eigenvalue weighted by molar-refractivity contribution is 6.22. The number of hydrogen-bond acceptors (Lipinski definition) is 4. The van der Waals surface area contributed by atoms with E-state index in [-0.39, 0.29) is 35.8 Å². The Labute approximate surface area is 164 Å². The van der Waals surface area contributed by atoms with Gasteiger partial charge in [-0.3, -0.25) is 14.4 Å². The molecule has 0 spiro atoms. The van der Waals surface area contributed by atoms with E-state index in [1.165, 1.54) is 4.90 Å². The van der Waals surface area contributed by atoms with Crippen molar-refractivity contribution in [1.29, 1.82) is 0 Å². The molecule has 5 heteroatoms. The van der Waals surface area contributed by atoms with Crippen LogP contribution in [-0.2, 0) is 20.8 Å². The molecule has 2 aromatic carbocycles. The van der Waals surface area contributed by atoms with Gasteiger partial charge in [-0.25, -0.2) is 4.90 Å². The van der Waals surface area contributed by atoms with Crippen LogP contribution in [-0.4, -0.2) is 17.8 Å². The van der Waals surface area contributed by atoms with Crippen LogP contribution in [0.1, 0.15) is 31.7 Å². The second kappa shape index (κ2) is 7.58. The van der Waals surface area contributed by atoms with Gasteiger partial charge < -0.3 is 4.74 Å². The minimum Gasteiger partial charge on any atom is -0.424 e. The molecule has 1 saturated carbocycles. The first-order valence-corrected chi connectivity index (χ1v) is 9.76. The summed E-state index contributed by atoms with van der Waals surface area (Å²) >= 11 is 0. The largest absolute Gasteiger partial charge is 0.424 e. The van der Waals surface area contributed by atoms with Gasteiger partial charge in [-0.15, -0.1) is 0 Å². The van der Waals surface area contributed by atoms with Crippen LogP contribution in [0.3, 0.4) is 0 Å². The van der Waals surface area contributed by atoms with Gasteiger partial charge in [0.05, 0.1) is 23.9 Å². The molecule has 1 saturated heterocycles. The third kappa shape index (κ3) is 3.44. The van der Waals surface area contributed by atoms with Crippen LogP contribution in [0.4, 0.5) is 5.69 Å². The number of nitrogens with zero attached hydrogens (tertiary/aromatic N) is 1. The number of anilines is 1. The molecular formula is C23H23NO4. The van der Waals surface area contributed by atoms with Gasteiger partial charge in [0.2, 0.25) is 11.8 Å². The Morgan fingerprint density at radius 1 is 0.964 bits per heavy atom. The summed E-state index contributed by atoms with van der Waals surface area (Å²) in [6, 6.07) is 16.1. The van der Waals surface area contributed by atoms with Gasteiger partial charge in [0.1, 0.15) is 0 Å². The van der Waals surface area contributed by atoms with E-state index in [2.05, 4.69) is 6.92 Å². The Morgan fingerprint density at radius 3 is 2.43 bits per heavy atom. The molecule has 2 aliphatic rings. The van der Waals surface area contributed by atoms with Crippen molar-refractivity contribution < 1.29 is 19.1 Å². The van der Waals surface area contributed by atoms with Crippen LogP contribution in [0.25, 0.3) is 0 Å². The van der Waals surface area contributed by atoms with Gasteiger partial charge in [0.25, 0.3) is 0 Å². The van der Waals surface area contributed by atoms with Crippen molar-refractivity contribution in [1.82, 2.24) is 0 Å². The molecule has 2 aromatic rings. The highest BCUT2D eigenvalue weighted by atomic mass is 16.5. The summed E-state index contributed by atoms with van der Waals surface area (Å²) in [6.45, 7) is 2.12. The van der Waals surface area contributed by atoms with Crippen LogP contribution in [0.2, 0.25) is 0 Å². The monoisotopic (exact) mass is 377 g/mol. The van der Waals surface area contributed by atoms with Crippen molar-refractivity contribution >= 4 is 23.5 Å². The van der Waals surface area contributed by atoms with Crippen LogP contribution in [0.15, 0.2) is 54.6 Å². The first-order chi connectivity index (χ1) is 13.5. The minimum absolute atomic E-state index is 0.125. The highest BCUT2D eigenvalue weighted by Crippen LogP contribution is 2.44. The van der Waals surface area contributed by atoms with E-state index in [0.717, 1.165) is 24.8 Å². The summed E-state index contributed by atoms with van der Waals surface area (Å²) in [5.74, 6) is -0.597. The molecule has 0 N–H and O–H groups in total. The topological polar surface area (TPSA) is 63.7 Å². The lowest BCUT2D eigenvalue weighted by molar-refractivity contribution is -0.133. The predicted molar refractivity (Wildman–Crippen MR) is 105 cm³/mol. The van der Waals surface area contributed by atoms with Crippen LogP contribution >= 0.6 is 0 Å². The summed E-state index contributed by atoms with van der Waals surface area (Å²) in [4.78, 5) is 39.6. The molecular weight excluding hydrogens is 354 g/mol. The fourth-order valence-electron chi connectivity index (χ4n) is 4.28. The summed E-state index contributed by atoms with van der Waals surface area (Å²) in [5.41, 5.74) is 1.21. The quantitative estimate of drug-likeness (QED) is 0.462. The molecule has 2 fully saturated rings. The smallest absolute Gasteiger partial charge is 0.315 e. The number of ether oxygens (including phenoxy) is 1. The second-order valence-electron chi connectivity index (χ2n) is 7.75. The zero-order valence-corrected chi connectivity index (χ0v) is 15.8. The molecule has 1 aliphatic heterocycles. The zero-order valence-electron chi connectivity index (χ0n) is 15.8. The highest BCUT2D eigenvalue weighted by Gasteiger charge is 2.50. The number of hydrogen-bond donors (Lipinski definition) is 0. The minimum atomic E-state index is -0.427. The van der Waals surface area contributed by atoms with E-state index < -0.39 is 5.97 Å². The summed E-state index contributed by atoms with van der Waals surface area (Å²) < 4.78 is 5.55. The van der Waals surface area contributed by atoms with Gasteiger partial charge >= 0.3 is 5.97 Å². The van der Waals surface area contributed by atoms with Crippen molar-refractivity contribution in [2.75, 3.05) is 4.90 Å². The number of para-hydroxylation sites is 2. The first-order valence-electron chi connectivity index (χ1n) is 9.76. The number of esters is 1. The fourth-order valence-corrected chi connectivity index (χ4v) is 4.28. The third-order valence-electron chi connectivity index (χ3n) is 5.71. The Balaban J connectivity index is 1.57. The molecule has 5 nitrogen and oxygen atoms in total. The molecule has 3 atom stereocenters. The van der Waals surface area contributed by atoms with Gasteiger partial charge in [-0.05, 0) is 42.9 Å². The molecule has 1 heterocycles. The van der Waals surface area contributed by atoms with Gasteiger partial charge in [0.15, 0.2) is 5.75 Å². The van der Waals surface area contributed by atoms with E-state index in [0.29, 0.717) is 11.6 Å². The molecule has 4 rings (SSSR count). The average Bonchev–Trinajstić information content (AvgIpc) is 2.93. The number of imide groups is 1. The van der Waals surface area contributed by atoms with E-state index >= 15 is 0 Å². The fraction of sp³-hybridized carbons (Fsp3) is 0.348. The maximum Gasteiger partial charge on any atom is 0.315 e. The van der Waals surface area contributed by atoms with Crippen molar-refractivity contribution in [2.24, 2.45) is 17.8 Å². The Hall–Kier alpha value is -2.95. The maximum atomic E-state index is 13.0. The summed E-state index contributed by atoms with van der Waals surface area (Å²) in [7, 11) is 0. The van der Waals surface area contributed by atoms with E-state index in [1.807, 2.05) is 30.3 Å². The summed E-state index contributed by atoms with van der Waals surface area (Å²) in [5, 5.41) is 0. The number of benzene rings is 2. The molecule has 1 aliphatic carbocycles. The Bertz CT molecular complexity index is 908. The van der Waals surface area contributed by atoms with Crippen LogP contribution in [0.5, 0.6) is 5.75 Å². The standard InChI is InChI=1S/C23H23NO4/c1-15-11-12-17-18(13-15)23(27)24(22(17)26)19-9-5-6-10-20(19)28-21(25)14-16-7-3-2-4-8-16/h2-10,15,17-18H,11-14H2,1H3/t15-,17-,18+/m0/s1. The predicted octanol–water partition coefficient (Wildman–Crippen LogP) is 3.76.